The van der Waals surface area contributed by atoms with Crippen LogP contribution in [0.5, 0.6) is 0 Å². The number of carbonyl (C=O) groups excluding carboxylic acids is 1. The Labute approximate surface area is 165 Å². The molecule has 28 heavy (non-hydrogen) atoms. The number of amides is 2. The lowest BCUT2D eigenvalue weighted by molar-refractivity contribution is 0.189. The number of aromatic nitrogens is 1. The molecule has 144 valence electrons. The summed E-state index contributed by atoms with van der Waals surface area (Å²) in [5, 5.41) is 4.49. The highest BCUT2D eigenvalue weighted by Gasteiger charge is 2.39. The SMILES string of the molecule is O=C(NCC(c1ccccc1)c1c[nH]c2ccccc12)N1CCC2CCCC21. The van der Waals surface area contributed by atoms with Crippen molar-refractivity contribution >= 4 is 16.9 Å². The van der Waals surface area contributed by atoms with E-state index in [4.69, 9.17) is 0 Å². The molecule has 0 radical (unpaired) electrons. The van der Waals surface area contributed by atoms with E-state index in [9.17, 15) is 4.79 Å². The summed E-state index contributed by atoms with van der Waals surface area (Å²) in [5.74, 6) is 0.854. The van der Waals surface area contributed by atoms with Gasteiger partial charge in [-0.2, -0.15) is 0 Å². The van der Waals surface area contributed by atoms with Crippen molar-refractivity contribution < 1.29 is 4.79 Å². The molecule has 4 nitrogen and oxygen atoms in total. The Kier molecular flexibility index (Phi) is 4.55. The Balaban J connectivity index is 1.39. The quantitative estimate of drug-likeness (QED) is 0.672. The monoisotopic (exact) mass is 373 g/mol. The van der Waals surface area contributed by atoms with E-state index in [0.29, 0.717) is 12.6 Å². The fourth-order valence-corrected chi connectivity index (χ4v) is 5.25. The minimum atomic E-state index is 0.107. The molecule has 2 heterocycles. The number of carbonyl (C=O) groups is 1. The van der Waals surface area contributed by atoms with Gasteiger partial charge in [-0.05, 0) is 42.4 Å². The molecule has 5 rings (SSSR count). The zero-order chi connectivity index (χ0) is 18.9. The van der Waals surface area contributed by atoms with Crippen LogP contribution in [-0.4, -0.2) is 35.0 Å². The largest absolute Gasteiger partial charge is 0.361 e. The summed E-state index contributed by atoms with van der Waals surface area (Å²) < 4.78 is 0. The number of rotatable bonds is 4. The highest BCUT2D eigenvalue weighted by molar-refractivity contribution is 5.84. The van der Waals surface area contributed by atoms with Crippen molar-refractivity contribution in [1.82, 2.24) is 15.2 Å². The molecule has 2 aliphatic rings. The van der Waals surface area contributed by atoms with Crippen LogP contribution in [0.3, 0.4) is 0 Å². The number of likely N-dealkylation sites (tertiary alicyclic amines) is 1. The van der Waals surface area contributed by atoms with Gasteiger partial charge >= 0.3 is 6.03 Å². The summed E-state index contributed by atoms with van der Waals surface area (Å²) in [5.41, 5.74) is 3.60. The summed E-state index contributed by atoms with van der Waals surface area (Å²) in [6, 6.07) is 19.4. The van der Waals surface area contributed by atoms with Crippen LogP contribution >= 0.6 is 0 Å². The van der Waals surface area contributed by atoms with Crippen LogP contribution in [0.25, 0.3) is 10.9 Å². The van der Waals surface area contributed by atoms with Gasteiger partial charge in [0.1, 0.15) is 0 Å². The average Bonchev–Trinajstić information content (AvgIpc) is 3.45. The van der Waals surface area contributed by atoms with Crippen molar-refractivity contribution in [2.45, 2.75) is 37.6 Å². The van der Waals surface area contributed by atoms with Crippen molar-refractivity contribution in [3.05, 3.63) is 71.9 Å². The molecule has 4 heteroatoms. The third-order valence-electron chi connectivity index (χ3n) is 6.68. The second-order valence-electron chi connectivity index (χ2n) is 8.18. The first-order valence-corrected chi connectivity index (χ1v) is 10.5. The van der Waals surface area contributed by atoms with Crippen molar-refractivity contribution in [3.63, 3.8) is 0 Å². The van der Waals surface area contributed by atoms with E-state index in [2.05, 4.69) is 63.9 Å². The van der Waals surface area contributed by atoms with E-state index in [1.54, 1.807) is 0 Å². The summed E-state index contributed by atoms with van der Waals surface area (Å²) >= 11 is 0. The van der Waals surface area contributed by atoms with Gasteiger partial charge in [0.15, 0.2) is 0 Å². The fraction of sp³-hybridized carbons (Fsp3) is 0.375. The molecule has 2 N–H and O–H groups in total. The number of urea groups is 1. The smallest absolute Gasteiger partial charge is 0.317 e. The predicted molar refractivity (Wildman–Crippen MR) is 112 cm³/mol. The molecule has 3 aromatic rings. The van der Waals surface area contributed by atoms with Crippen LogP contribution in [-0.2, 0) is 0 Å². The molecule has 3 atom stereocenters. The lowest BCUT2D eigenvalue weighted by Crippen LogP contribution is -2.44. The van der Waals surface area contributed by atoms with E-state index < -0.39 is 0 Å². The Morgan fingerprint density at radius 3 is 2.79 bits per heavy atom. The van der Waals surface area contributed by atoms with Gasteiger partial charge in [0.05, 0.1) is 0 Å². The Morgan fingerprint density at radius 1 is 1.07 bits per heavy atom. The van der Waals surface area contributed by atoms with E-state index in [1.807, 2.05) is 12.1 Å². The lowest BCUT2D eigenvalue weighted by atomic mass is 9.91. The maximum atomic E-state index is 13.0. The van der Waals surface area contributed by atoms with Crippen molar-refractivity contribution in [1.29, 1.82) is 0 Å². The molecule has 3 unspecified atom stereocenters. The standard InChI is InChI=1S/C24H27N3O/c28-24(27-14-13-18-9-6-12-23(18)27)26-15-20(17-7-2-1-3-8-17)21-16-25-22-11-5-4-10-19(21)22/h1-5,7-8,10-11,16,18,20,23,25H,6,9,12-15H2,(H,26,28). The predicted octanol–water partition coefficient (Wildman–Crippen LogP) is 4.88. The molecule has 0 spiro atoms. The molecule has 2 amide bonds. The number of benzene rings is 2. The summed E-state index contributed by atoms with van der Waals surface area (Å²) in [7, 11) is 0. The Morgan fingerprint density at radius 2 is 1.89 bits per heavy atom. The van der Waals surface area contributed by atoms with Gasteiger partial charge in [-0.25, -0.2) is 4.79 Å². The number of nitrogens with zero attached hydrogens (tertiary/aromatic N) is 1. The third kappa shape index (κ3) is 3.07. The minimum absolute atomic E-state index is 0.107. The van der Waals surface area contributed by atoms with Gasteiger partial charge in [0.25, 0.3) is 0 Å². The van der Waals surface area contributed by atoms with Gasteiger partial charge in [0, 0.05) is 42.1 Å². The van der Waals surface area contributed by atoms with E-state index >= 15 is 0 Å². The molecule has 1 saturated carbocycles. The Hall–Kier alpha value is -2.75. The topological polar surface area (TPSA) is 48.1 Å². The molecule has 1 aliphatic carbocycles. The van der Waals surface area contributed by atoms with Crippen molar-refractivity contribution in [3.8, 4) is 0 Å². The van der Waals surface area contributed by atoms with Crippen LogP contribution in [0.15, 0.2) is 60.8 Å². The molecule has 1 aromatic heterocycles. The fourth-order valence-electron chi connectivity index (χ4n) is 5.25. The van der Waals surface area contributed by atoms with Gasteiger partial charge in [-0.15, -0.1) is 0 Å². The lowest BCUT2D eigenvalue weighted by Gasteiger charge is -2.26. The molecule has 1 saturated heterocycles. The van der Waals surface area contributed by atoms with Crippen molar-refractivity contribution in [2.24, 2.45) is 5.92 Å². The van der Waals surface area contributed by atoms with Crippen LogP contribution in [0.1, 0.15) is 42.7 Å². The third-order valence-corrected chi connectivity index (χ3v) is 6.68. The second-order valence-corrected chi connectivity index (χ2v) is 8.18. The van der Waals surface area contributed by atoms with Gasteiger partial charge in [-0.1, -0.05) is 55.0 Å². The van der Waals surface area contributed by atoms with Crippen molar-refractivity contribution in [2.75, 3.05) is 13.1 Å². The molecule has 2 aromatic carbocycles. The maximum absolute atomic E-state index is 13.0. The van der Waals surface area contributed by atoms with E-state index in [-0.39, 0.29) is 11.9 Å². The number of hydrogen-bond donors (Lipinski definition) is 2. The zero-order valence-electron chi connectivity index (χ0n) is 16.1. The number of aromatic amines is 1. The number of H-pyrrole nitrogens is 1. The highest BCUT2D eigenvalue weighted by Crippen LogP contribution is 2.38. The molecule has 0 bridgehead atoms. The maximum Gasteiger partial charge on any atom is 0.317 e. The summed E-state index contributed by atoms with van der Waals surface area (Å²) in [6.45, 7) is 1.52. The number of nitrogens with one attached hydrogen (secondary N) is 2. The van der Waals surface area contributed by atoms with Crippen LogP contribution in [0, 0.1) is 5.92 Å². The molecular weight excluding hydrogens is 346 g/mol. The molecule has 1 aliphatic heterocycles. The average molecular weight is 374 g/mol. The first-order chi connectivity index (χ1) is 13.8. The number of hydrogen-bond acceptors (Lipinski definition) is 1. The Bertz CT molecular complexity index is 964. The van der Waals surface area contributed by atoms with Gasteiger partial charge in [-0.3, -0.25) is 0 Å². The summed E-state index contributed by atoms with van der Waals surface area (Å²) in [6.07, 6.45) is 6.99. The first-order valence-electron chi connectivity index (χ1n) is 10.5. The molecular formula is C24H27N3O. The number of para-hydroxylation sites is 1. The molecule has 2 fully saturated rings. The van der Waals surface area contributed by atoms with Crippen LogP contribution < -0.4 is 5.32 Å². The van der Waals surface area contributed by atoms with E-state index in [1.165, 1.54) is 42.2 Å². The second kappa shape index (κ2) is 7.34. The number of fused-ring (bicyclic) bond motifs is 2. The zero-order valence-corrected chi connectivity index (χ0v) is 16.1. The normalized spacial score (nSPS) is 22.4. The highest BCUT2D eigenvalue weighted by atomic mass is 16.2. The van der Waals surface area contributed by atoms with Gasteiger partial charge < -0.3 is 15.2 Å². The van der Waals surface area contributed by atoms with Crippen LogP contribution in [0.2, 0.25) is 0 Å². The summed E-state index contributed by atoms with van der Waals surface area (Å²) in [4.78, 5) is 18.4. The minimum Gasteiger partial charge on any atom is -0.361 e. The van der Waals surface area contributed by atoms with E-state index in [0.717, 1.165) is 18.0 Å². The first kappa shape index (κ1) is 17.4. The van der Waals surface area contributed by atoms with Gasteiger partial charge in [0.2, 0.25) is 0 Å². The van der Waals surface area contributed by atoms with Crippen LogP contribution in [0.4, 0.5) is 4.79 Å².